The van der Waals surface area contributed by atoms with Gasteiger partial charge < -0.3 is 19.0 Å². The minimum Gasteiger partial charge on any atom is -0.479 e. The first-order valence-electron chi connectivity index (χ1n) is 7.39. The molecule has 1 aliphatic rings. The average molecular weight is 328 g/mol. The molecule has 1 aliphatic heterocycles. The van der Waals surface area contributed by atoms with E-state index in [2.05, 4.69) is 11.1 Å². The van der Waals surface area contributed by atoms with Crippen molar-refractivity contribution in [2.75, 3.05) is 6.61 Å². The fourth-order valence-corrected chi connectivity index (χ4v) is 2.71. The summed E-state index contributed by atoms with van der Waals surface area (Å²) >= 11 is 0. The van der Waals surface area contributed by atoms with Gasteiger partial charge in [-0.15, -0.1) is 0 Å². The molecule has 7 nitrogen and oxygen atoms in total. The maximum atomic E-state index is 10.8. The van der Waals surface area contributed by atoms with E-state index < -0.39 is 18.2 Å². The minimum atomic E-state index is -1.14. The van der Waals surface area contributed by atoms with Gasteiger partial charge in [0.05, 0.1) is 18.5 Å². The van der Waals surface area contributed by atoms with E-state index in [1.807, 2.05) is 13.8 Å². The Hall–Kier alpha value is -2.85. The molecule has 7 heteroatoms. The third kappa shape index (κ3) is 2.96. The van der Waals surface area contributed by atoms with Crippen LogP contribution < -0.4 is 4.74 Å². The van der Waals surface area contributed by atoms with Crippen LogP contribution in [0.15, 0.2) is 22.8 Å². The molecule has 0 atom stereocenters. The van der Waals surface area contributed by atoms with Crippen LogP contribution in [-0.2, 0) is 22.6 Å². The second-order valence-electron chi connectivity index (χ2n) is 6.09. The summed E-state index contributed by atoms with van der Waals surface area (Å²) < 4.78 is 16.5. The molecular formula is C17H16N2O5. The molecule has 0 radical (unpaired) electrons. The molecule has 0 fully saturated rings. The van der Waals surface area contributed by atoms with Gasteiger partial charge in [-0.05, 0) is 31.5 Å². The molecule has 124 valence electrons. The number of pyridine rings is 1. The summed E-state index contributed by atoms with van der Waals surface area (Å²) in [7, 11) is 0. The van der Waals surface area contributed by atoms with Crippen LogP contribution in [0, 0.1) is 11.3 Å². The molecule has 1 N–H and O–H groups in total. The van der Waals surface area contributed by atoms with Crippen LogP contribution in [0.1, 0.15) is 30.5 Å². The van der Waals surface area contributed by atoms with Crippen LogP contribution in [0.3, 0.4) is 0 Å². The predicted molar refractivity (Wildman–Crippen MR) is 82.4 cm³/mol. The van der Waals surface area contributed by atoms with Crippen molar-refractivity contribution in [3.63, 3.8) is 0 Å². The molecule has 0 bridgehead atoms. The van der Waals surface area contributed by atoms with Gasteiger partial charge in [-0.2, -0.15) is 5.26 Å². The SMILES string of the molecule is CC1(C)Cc2c(C#N)c(OCC(=O)O)nc(-c3ccco3)c2CO1. The van der Waals surface area contributed by atoms with Crippen LogP contribution in [0.4, 0.5) is 0 Å². The first-order valence-corrected chi connectivity index (χ1v) is 7.39. The number of carbonyl (C=O) groups is 1. The van der Waals surface area contributed by atoms with E-state index >= 15 is 0 Å². The number of furan rings is 1. The molecule has 0 aromatic carbocycles. The van der Waals surface area contributed by atoms with Gasteiger partial charge in [0, 0.05) is 12.0 Å². The maximum absolute atomic E-state index is 10.8. The predicted octanol–water partition coefficient (Wildman–Crippen LogP) is 2.53. The standard InChI is InChI=1S/C17H16N2O5/c1-17(2)6-10-11(7-18)16(23-9-14(20)21)19-15(12(10)8-24-17)13-4-3-5-22-13/h3-5H,6,8-9H2,1-2H3,(H,20,21). The Balaban J connectivity index is 2.19. The van der Waals surface area contributed by atoms with E-state index in [0.717, 1.165) is 11.1 Å². The molecular weight excluding hydrogens is 312 g/mol. The summed E-state index contributed by atoms with van der Waals surface area (Å²) in [5.74, 6) is -0.622. The number of nitriles is 1. The van der Waals surface area contributed by atoms with Gasteiger partial charge in [-0.3, -0.25) is 0 Å². The smallest absolute Gasteiger partial charge is 0.341 e. The zero-order valence-corrected chi connectivity index (χ0v) is 13.3. The number of rotatable bonds is 4. The number of carboxylic acid groups (broad SMARTS) is 1. The van der Waals surface area contributed by atoms with E-state index in [-0.39, 0.29) is 11.4 Å². The molecule has 0 saturated heterocycles. The highest BCUT2D eigenvalue weighted by atomic mass is 16.5. The van der Waals surface area contributed by atoms with Crippen molar-refractivity contribution in [2.24, 2.45) is 0 Å². The number of ether oxygens (including phenoxy) is 2. The lowest BCUT2D eigenvalue weighted by Crippen LogP contribution is -2.33. The maximum Gasteiger partial charge on any atom is 0.341 e. The van der Waals surface area contributed by atoms with Gasteiger partial charge in [0.2, 0.25) is 5.88 Å². The molecule has 2 aromatic rings. The van der Waals surface area contributed by atoms with E-state index in [1.54, 1.807) is 12.1 Å². The molecule has 2 aromatic heterocycles. The Morgan fingerprint density at radius 1 is 1.50 bits per heavy atom. The van der Waals surface area contributed by atoms with Crippen LogP contribution in [0.25, 0.3) is 11.5 Å². The summed E-state index contributed by atoms with van der Waals surface area (Å²) in [4.78, 5) is 15.1. The van der Waals surface area contributed by atoms with Crippen LogP contribution in [0.5, 0.6) is 5.88 Å². The Morgan fingerprint density at radius 3 is 2.92 bits per heavy atom. The second kappa shape index (κ2) is 5.98. The van der Waals surface area contributed by atoms with Gasteiger partial charge in [0.1, 0.15) is 17.3 Å². The summed E-state index contributed by atoms with van der Waals surface area (Å²) in [6, 6.07) is 5.57. The lowest BCUT2D eigenvalue weighted by molar-refractivity contribution is -0.139. The lowest BCUT2D eigenvalue weighted by atomic mass is 9.88. The van der Waals surface area contributed by atoms with Crippen LogP contribution >= 0.6 is 0 Å². The first-order chi connectivity index (χ1) is 11.4. The van der Waals surface area contributed by atoms with Crippen molar-refractivity contribution in [3.8, 4) is 23.4 Å². The number of fused-ring (bicyclic) bond motifs is 1. The third-order valence-corrected chi connectivity index (χ3v) is 3.79. The number of hydrogen-bond donors (Lipinski definition) is 1. The quantitative estimate of drug-likeness (QED) is 0.919. The Labute approximate surface area is 138 Å². The number of carboxylic acids is 1. The Morgan fingerprint density at radius 2 is 2.29 bits per heavy atom. The van der Waals surface area contributed by atoms with Crippen molar-refractivity contribution in [1.29, 1.82) is 5.26 Å². The first kappa shape index (κ1) is 16.0. The van der Waals surface area contributed by atoms with E-state index in [0.29, 0.717) is 24.5 Å². The van der Waals surface area contributed by atoms with Gasteiger partial charge in [-0.25, -0.2) is 9.78 Å². The van der Waals surface area contributed by atoms with Crippen molar-refractivity contribution >= 4 is 5.97 Å². The van der Waals surface area contributed by atoms with Crippen molar-refractivity contribution in [1.82, 2.24) is 4.98 Å². The number of nitrogens with zero attached hydrogens (tertiary/aromatic N) is 2. The highest BCUT2D eigenvalue weighted by molar-refractivity contribution is 5.69. The molecule has 0 aliphatic carbocycles. The summed E-state index contributed by atoms with van der Waals surface area (Å²) in [6.07, 6.45) is 2.01. The van der Waals surface area contributed by atoms with Gasteiger partial charge in [0.25, 0.3) is 0 Å². The van der Waals surface area contributed by atoms with E-state index in [9.17, 15) is 10.1 Å². The van der Waals surface area contributed by atoms with Crippen molar-refractivity contribution in [3.05, 3.63) is 35.1 Å². The molecule has 0 unspecified atom stereocenters. The van der Waals surface area contributed by atoms with Crippen molar-refractivity contribution < 1.29 is 23.8 Å². The van der Waals surface area contributed by atoms with Crippen LogP contribution in [0.2, 0.25) is 0 Å². The lowest BCUT2D eigenvalue weighted by Gasteiger charge is -2.33. The topological polar surface area (TPSA) is 106 Å². The van der Waals surface area contributed by atoms with Gasteiger partial charge in [0.15, 0.2) is 12.4 Å². The molecule has 24 heavy (non-hydrogen) atoms. The van der Waals surface area contributed by atoms with E-state index in [1.165, 1.54) is 6.26 Å². The number of aliphatic carboxylic acids is 1. The summed E-state index contributed by atoms with van der Waals surface area (Å²) in [5.41, 5.74) is 1.84. The van der Waals surface area contributed by atoms with E-state index in [4.69, 9.17) is 19.0 Å². The molecule has 0 saturated carbocycles. The largest absolute Gasteiger partial charge is 0.479 e. The fourth-order valence-electron chi connectivity index (χ4n) is 2.71. The third-order valence-electron chi connectivity index (χ3n) is 3.79. The summed E-state index contributed by atoms with van der Waals surface area (Å²) in [5, 5.41) is 18.4. The highest BCUT2D eigenvalue weighted by Gasteiger charge is 2.33. The molecule has 0 spiro atoms. The second-order valence-corrected chi connectivity index (χ2v) is 6.09. The minimum absolute atomic E-state index is 0.00255. The fraction of sp³-hybridized carbons (Fsp3) is 0.353. The van der Waals surface area contributed by atoms with Crippen molar-refractivity contribution in [2.45, 2.75) is 32.5 Å². The Bertz CT molecular complexity index is 818. The average Bonchev–Trinajstić information content (AvgIpc) is 3.04. The molecule has 3 heterocycles. The highest BCUT2D eigenvalue weighted by Crippen LogP contribution is 2.38. The molecule has 0 amide bonds. The molecule has 3 rings (SSSR count). The zero-order chi connectivity index (χ0) is 17.3. The number of aromatic nitrogens is 1. The number of hydrogen-bond acceptors (Lipinski definition) is 6. The van der Waals surface area contributed by atoms with Crippen LogP contribution in [-0.4, -0.2) is 28.3 Å². The monoisotopic (exact) mass is 328 g/mol. The zero-order valence-electron chi connectivity index (χ0n) is 13.3. The van der Waals surface area contributed by atoms with Gasteiger partial charge in [-0.1, -0.05) is 0 Å². The summed E-state index contributed by atoms with van der Waals surface area (Å²) in [6.45, 7) is 3.58. The van der Waals surface area contributed by atoms with Gasteiger partial charge >= 0.3 is 5.97 Å². The Kier molecular flexibility index (Phi) is 3.99. The normalized spacial score (nSPS) is 15.4.